The van der Waals surface area contributed by atoms with Gasteiger partial charge in [0, 0.05) is 19.2 Å². The molecule has 6 nitrogen and oxygen atoms in total. The van der Waals surface area contributed by atoms with Crippen LogP contribution in [0.2, 0.25) is 5.28 Å². The number of nitrogens with one attached hydrogen (secondary N) is 1. The van der Waals surface area contributed by atoms with Gasteiger partial charge in [-0.25, -0.2) is 4.98 Å². The van der Waals surface area contributed by atoms with Crippen molar-refractivity contribution in [2.24, 2.45) is 17.8 Å². The zero-order chi connectivity index (χ0) is 18.1. The molecule has 2 fully saturated rings. The molecule has 0 spiro atoms. The molecule has 0 aromatic carbocycles. The molecule has 0 radical (unpaired) electrons. The summed E-state index contributed by atoms with van der Waals surface area (Å²) in [5, 5.41) is 13.2. The average Bonchev–Trinajstić information content (AvgIpc) is 2.96. The maximum atomic E-state index is 9.34. The summed E-state index contributed by atoms with van der Waals surface area (Å²) in [5.41, 5.74) is 1.63. The van der Waals surface area contributed by atoms with Crippen molar-refractivity contribution in [2.75, 3.05) is 11.9 Å². The maximum Gasteiger partial charge on any atom is 0.226 e. The largest absolute Gasteiger partial charge is 0.396 e. The van der Waals surface area contributed by atoms with Crippen LogP contribution < -0.4 is 5.32 Å². The Morgan fingerprint density at radius 3 is 2.58 bits per heavy atom. The van der Waals surface area contributed by atoms with Gasteiger partial charge < -0.3 is 15.0 Å². The molecule has 0 aliphatic heterocycles. The van der Waals surface area contributed by atoms with Crippen molar-refractivity contribution in [2.45, 2.75) is 64.5 Å². The van der Waals surface area contributed by atoms with Crippen LogP contribution in [0.25, 0.3) is 11.2 Å². The van der Waals surface area contributed by atoms with Gasteiger partial charge in [0.1, 0.15) is 5.52 Å². The Bertz CT molecular complexity index is 752. The molecule has 2 aliphatic rings. The first-order valence-electron chi connectivity index (χ1n) is 9.89. The SMILES string of the molecule is C[C@@H](Nc1nc(Cl)nc2ncn(CC3CCC(CO)CC3)c12)C1CCC1. The van der Waals surface area contributed by atoms with E-state index >= 15 is 0 Å². The quantitative estimate of drug-likeness (QED) is 0.747. The molecule has 2 aromatic rings. The van der Waals surface area contributed by atoms with E-state index in [0.29, 0.717) is 36.0 Å². The number of anilines is 1. The first-order chi connectivity index (χ1) is 12.6. The number of rotatable bonds is 6. The molecule has 2 saturated carbocycles. The highest BCUT2D eigenvalue weighted by atomic mass is 35.5. The highest BCUT2D eigenvalue weighted by Gasteiger charge is 2.26. The standard InChI is InChI=1S/C19H28ClN5O/c1-12(15-3-2-4-15)22-18-16-17(23-19(20)24-18)21-11-25(16)9-13-5-7-14(10-26)8-6-13/h11-15,26H,2-10H2,1H3,(H,22,23,24)/t12-,13?,14?/m1/s1. The molecule has 0 amide bonds. The van der Waals surface area contributed by atoms with E-state index in [2.05, 4.69) is 31.8 Å². The number of nitrogens with zero attached hydrogens (tertiary/aromatic N) is 4. The van der Waals surface area contributed by atoms with Gasteiger partial charge in [-0.1, -0.05) is 6.42 Å². The molecule has 2 heterocycles. The molecule has 0 unspecified atom stereocenters. The van der Waals surface area contributed by atoms with Crippen LogP contribution in [-0.4, -0.2) is 37.3 Å². The van der Waals surface area contributed by atoms with Crippen molar-refractivity contribution >= 4 is 28.6 Å². The number of aliphatic hydroxyl groups excluding tert-OH is 1. The van der Waals surface area contributed by atoms with Gasteiger partial charge >= 0.3 is 0 Å². The topological polar surface area (TPSA) is 75.9 Å². The number of imidazole rings is 1. The second-order valence-corrected chi connectivity index (χ2v) is 8.44. The van der Waals surface area contributed by atoms with Gasteiger partial charge in [-0.2, -0.15) is 9.97 Å². The zero-order valence-electron chi connectivity index (χ0n) is 15.4. The number of hydrogen-bond donors (Lipinski definition) is 2. The molecule has 2 aliphatic carbocycles. The van der Waals surface area contributed by atoms with Crippen LogP contribution in [0.1, 0.15) is 51.9 Å². The fourth-order valence-electron chi connectivity index (χ4n) is 4.34. The van der Waals surface area contributed by atoms with E-state index in [-0.39, 0.29) is 5.28 Å². The van der Waals surface area contributed by atoms with Crippen LogP contribution in [-0.2, 0) is 6.54 Å². The molecule has 0 saturated heterocycles. The van der Waals surface area contributed by atoms with E-state index in [0.717, 1.165) is 43.6 Å². The third-order valence-electron chi connectivity index (χ3n) is 6.35. The summed E-state index contributed by atoms with van der Waals surface area (Å²) in [5.74, 6) is 2.61. The van der Waals surface area contributed by atoms with E-state index < -0.39 is 0 Å². The Morgan fingerprint density at radius 2 is 1.92 bits per heavy atom. The monoisotopic (exact) mass is 377 g/mol. The Morgan fingerprint density at radius 1 is 1.19 bits per heavy atom. The predicted molar refractivity (Wildman–Crippen MR) is 103 cm³/mol. The van der Waals surface area contributed by atoms with Crippen LogP contribution in [0.4, 0.5) is 5.82 Å². The number of fused-ring (bicyclic) bond motifs is 1. The van der Waals surface area contributed by atoms with Gasteiger partial charge in [-0.3, -0.25) is 0 Å². The first kappa shape index (κ1) is 18.0. The van der Waals surface area contributed by atoms with Crippen LogP contribution in [0.15, 0.2) is 6.33 Å². The van der Waals surface area contributed by atoms with Gasteiger partial charge in [0.15, 0.2) is 11.5 Å². The Kier molecular flexibility index (Phi) is 5.32. The normalized spacial score (nSPS) is 25.2. The smallest absolute Gasteiger partial charge is 0.226 e. The zero-order valence-corrected chi connectivity index (χ0v) is 16.1. The molecular weight excluding hydrogens is 350 g/mol. The van der Waals surface area contributed by atoms with Crippen LogP contribution in [0, 0.1) is 17.8 Å². The van der Waals surface area contributed by atoms with Crippen LogP contribution >= 0.6 is 11.6 Å². The lowest BCUT2D eigenvalue weighted by Crippen LogP contribution is -2.31. The van der Waals surface area contributed by atoms with Gasteiger partial charge in [0.2, 0.25) is 5.28 Å². The van der Waals surface area contributed by atoms with Gasteiger partial charge in [-0.05, 0) is 74.8 Å². The maximum absolute atomic E-state index is 9.34. The minimum absolute atomic E-state index is 0.245. The van der Waals surface area contributed by atoms with E-state index in [1.54, 1.807) is 0 Å². The summed E-state index contributed by atoms with van der Waals surface area (Å²) in [6.07, 6.45) is 10.3. The third-order valence-corrected chi connectivity index (χ3v) is 6.51. The van der Waals surface area contributed by atoms with E-state index in [1.165, 1.54) is 19.3 Å². The second kappa shape index (κ2) is 7.69. The molecular formula is C19H28ClN5O. The van der Waals surface area contributed by atoms with Crippen molar-refractivity contribution in [3.05, 3.63) is 11.6 Å². The van der Waals surface area contributed by atoms with Crippen molar-refractivity contribution < 1.29 is 5.11 Å². The number of aliphatic hydroxyl groups is 1. The molecule has 26 heavy (non-hydrogen) atoms. The van der Waals surface area contributed by atoms with Gasteiger partial charge in [-0.15, -0.1) is 0 Å². The summed E-state index contributed by atoms with van der Waals surface area (Å²) in [4.78, 5) is 13.3. The van der Waals surface area contributed by atoms with Gasteiger partial charge in [0.25, 0.3) is 0 Å². The average molecular weight is 378 g/mol. The fourth-order valence-corrected chi connectivity index (χ4v) is 4.50. The Balaban J connectivity index is 1.55. The van der Waals surface area contributed by atoms with Gasteiger partial charge in [0.05, 0.1) is 6.33 Å². The van der Waals surface area contributed by atoms with E-state index in [9.17, 15) is 5.11 Å². The summed E-state index contributed by atoms with van der Waals surface area (Å²) < 4.78 is 2.19. The molecule has 2 aromatic heterocycles. The summed E-state index contributed by atoms with van der Waals surface area (Å²) >= 11 is 6.13. The summed E-state index contributed by atoms with van der Waals surface area (Å²) in [7, 11) is 0. The molecule has 7 heteroatoms. The van der Waals surface area contributed by atoms with Crippen molar-refractivity contribution in [1.82, 2.24) is 19.5 Å². The minimum Gasteiger partial charge on any atom is -0.396 e. The number of hydrogen-bond acceptors (Lipinski definition) is 5. The van der Waals surface area contributed by atoms with E-state index in [4.69, 9.17) is 11.6 Å². The van der Waals surface area contributed by atoms with E-state index in [1.807, 2.05) is 6.33 Å². The summed E-state index contributed by atoms with van der Waals surface area (Å²) in [6.45, 7) is 3.47. The molecule has 4 rings (SSSR count). The highest BCUT2D eigenvalue weighted by Crippen LogP contribution is 2.33. The highest BCUT2D eigenvalue weighted by molar-refractivity contribution is 6.28. The Labute approximate surface area is 159 Å². The lowest BCUT2D eigenvalue weighted by atomic mass is 9.80. The van der Waals surface area contributed by atoms with Crippen molar-refractivity contribution in [3.8, 4) is 0 Å². The lowest BCUT2D eigenvalue weighted by Gasteiger charge is -2.32. The van der Waals surface area contributed by atoms with Crippen molar-refractivity contribution in [1.29, 1.82) is 0 Å². The third kappa shape index (κ3) is 3.67. The molecule has 142 valence electrons. The fraction of sp³-hybridized carbons (Fsp3) is 0.737. The predicted octanol–water partition coefficient (Wildman–Crippen LogP) is 3.88. The molecule has 2 N–H and O–H groups in total. The summed E-state index contributed by atoms with van der Waals surface area (Å²) in [6, 6.07) is 0.376. The lowest BCUT2D eigenvalue weighted by molar-refractivity contribution is 0.161. The number of aromatic nitrogens is 4. The van der Waals surface area contributed by atoms with Crippen LogP contribution in [0.5, 0.6) is 0 Å². The number of halogens is 1. The molecule has 1 atom stereocenters. The van der Waals surface area contributed by atoms with Crippen LogP contribution in [0.3, 0.4) is 0 Å². The molecule has 0 bridgehead atoms. The minimum atomic E-state index is 0.245. The first-order valence-corrected chi connectivity index (χ1v) is 10.3. The second-order valence-electron chi connectivity index (χ2n) is 8.10. The Hall–Kier alpha value is -1.40. The van der Waals surface area contributed by atoms with Crippen molar-refractivity contribution in [3.63, 3.8) is 0 Å².